The van der Waals surface area contributed by atoms with Crippen LogP contribution in [0.4, 0.5) is 0 Å². The maximum atomic E-state index is 6.55. The molecule has 0 amide bonds. The summed E-state index contributed by atoms with van der Waals surface area (Å²) in [4.78, 5) is 2.59. The molecule has 1 saturated heterocycles. The Hall–Kier alpha value is -3.56. The van der Waals surface area contributed by atoms with E-state index in [9.17, 15) is 0 Å². The Kier molecular flexibility index (Phi) is 6.01. The van der Waals surface area contributed by atoms with E-state index < -0.39 is 0 Å². The van der Waals surface area contributed by atoms with Crippen molar-refractivity contribution in [2.24, 2.45) is 0 Å². The summed E-state index contributed by atoms with van der Waals surface area (Å²) in [5, 5.41) is 0. The number of nitrogens with zero attached hydrogens (tertiary/aromatic N) is 1. The van der Waals surface area contributed by atoms with E-state index in [1.807, 2.05) is 6.07 Å². The Bertz CT molecular complexity index is 1260. The summed E-state index contributed by atoms with van der Waals surface area (Å²) < 4.78 is 12.8. The van der Waals surface area contributed by atoms with Gasteiger partial charge >= 0.3 is 0 Å². The fourth-order valence-electron chi connectivity index (χ4n) is 5.75. The average molecular weight is 462 g/mol. The van der Waals surface area contributed by atoms with Crippen molar-refractivity contribution in [3.8, 4) is 11.5 Å². The molecule has 3 nitrogen and oxygen atoms in total. The highest BCUT2D eigenvalue weighted by Crippen LogP contribution is 2.49. The van der Waals surface area contributed by atoms with E-state index in [1.54, 1.807) is 0 Å². The number of likely N-dealkylation sites (tertiary alicyclic amines) is 1. The number of piperidine rings is 1. The molecule has 1 fully saturated rings. The summed E-state index contributed by atoms with van der Waals surface area (Å²) >= 11 is 0. The predicted molar refractivity (Wildman–Crippen MR) is 140 cm³/mol. The standard InChI is InChI=1S/C32H31NO2/c1-4-10-25(11-5-1)18-19-33-22-29-21-32(24-33,27-14-8-3-9-15-27)30-20-28(16-17-31(30)35-29)34-23-26-12-6-2-7-13-26/h1-17,20,29H,18-19,21-24H2. The van der Waals surface area contributed by atoms with Gasteiger partial charge in [-0.05, 0) is 41.3 Å². The molecular weight excluding hydrogens is 430 g/mol. The first-order valence-electron chi connectivity index (χ1n) is 12.6. The molecule has 0 radical (unpaired) electrons. The van der Waals surface area contributed by atoms with Crippen LogP contribution in [0.1, 0.15) is 28.7 Å². The number of ether oxygens (including phenoxy) is 2. The van der Waals surface area contributed by atoms with Crippen LogP contribution >= 0.6 is 0 Å². The van der Waals surface area contributed by atoms with Gasteiger partial charge in [0.05, 0.1) is 0 Å². The largest absolute Gasteiger partial charge is 0.489 e. The summed E-state index contributed by atoms with van der Waals surface area (Å²) in [5.74, 6) is 1.89. The molecule has 0 aromatic heterocycles. The van der Waals surface area contributed by atoms with E-state index in [2.05, 4.69) is 108 Å². The fraction of sp³-hybridized carbons (Fsp3) is 0.250. The van der Waals surface area contributed by atoms with Gasteiger partial charge in [0, 0.05) is 37.0 Å². The van der Waals surface area contributed by atoms with E-state index in [-0.39, 0.29) is 11.5 Å². The lowest BCUT2D eigenvalue weighted by Crippen LogP contribution is -2.56. The van der Waals surface area contributed by atoms with E-state index in [1.165, 1.54) is 22.3 Å². The highest BCUT2D eigenvalue weighted by atomic mass is 16.5. The zero-order valence-corrected chi connectivity index (χ0v) is 20.0. The Morgan fingerprint density at radius 1 is 0.800 bits per heavy atom. The molecular formula is C32H31NO2. The second kappa shape index (κ2) is 9.59. The van der Waals surface area contributed by atoms with Crippen LogP contribution in [0.2, 0.25) is 0 Å². The van der Waals surface area contributed by atoms with E-state index in [4.69, 9.17) is 9.47 Å². The quantitative estimate of drug-likeness (QED) is 0.324. The first-order chi connectivity index (χ1) is 17.3. The molecule has 2 atom stereocenters. The second-order valence-corrected chi connectivity index (χ2v) is 9.80. The molecule has 2 bridgehead atoms. The van der Waals surface area contributed by atoms with Gasteiger partial charge in [0.1, 0.15) is 24.2 Å². The highest BCUT2D eigenvalue weighted by Gasteiger charge is 2.48. The fourth-order valence-corrected chi connectivity index (χ4v) is 5.75. The van der Waals surface area contributed by atoms with Gasteiger partial charge in [-0.3, -0.25) is 4.90 Å². The lowest BCUT2D eigenvalue weighted by molar-refractivity contribution is 0.0311. The number of hydrogen-bond donors (Lipinski definition) is 0. The van der Waals surface area contributed by atoms with Gasteiger partial charge in [-0.1, -0.05) is 91.0 Å². The Labute approximate surface area is 207 Å². The Morgan fingerprint density at radius 3 is 2.23 bits per heavy atom. The van der Waals surface area contributed by atoms with Crippen LogP contribution in [-0.4, -0.2) is 30.6 Å². The summed E-state index contributed by atoms with van der Waals surface area (Å²) in [6, 6.07) is 38.5. The van der Waals surface area contributed by atoms with Gasteiger partial charge in [0.15, 0.2) is 0 Å². The van der Waals surface area contributed by atoms with Crippen molar-refractivity contribution in [2.45, 2.75) is 31.0 Å². The van der Waals surface area contributed by atoms with Gasteiger partial charge in [-0.25, -0.2) is 0 Å². The van der Waals surface area contributed by atoms with Crippen molar-refractivity contribution in [3.63, 3.8) is 0 Å². The molecule has 176 valence electrons. The predicted octanol–water partition coefficient (Wildman–Crippen LogP) is 6.26. The summed E-state index contributed by atoms with van der Waals surface area (Å²) in [7, 11) is 0. The monoisotopic (exact) mass is 461 g/mol. The number of rotatable bonds is 7. The molecule has 6 rings (SSSR count). The maximum Gasteiger partial charge on any atom is 0.124 e. The minimum atomic E-state index is -0.111. The first-order valence-corrected chi connectivity index (χ1v) is 12.6. The van der Waals surface area contributed by atoms with Crippen LogP contribution in [0.3, 0.4) is 0 Å². The topological polar surface area (TPSA) is 21.7 Å². The van der Waals surface area contributed by atoms with Crippen LogP contribution < -0.4 is 9.47 Å². The molecule has 4 aromatic carbocycles. The normalized spacial score (nSPS) is 21.1. The highest BCUT2D eigenvalue weighted by molar-refractivity contribution is 5.53. The van der Waals surface area contributed by atoms with Crippen LogP contribution in [0.25, 0.3) is 0 Å². The molecule has 0 spiro atoms. The third-order valence-corrected chi connectivity index (χ3v) is 7.43. The van der Waals surface area contributed by atoms with Crippen LogP contribution in [0.15, 0.2) is 109 Å². The van der Waals surface area contributed by atoms with Crippen molar-refractivity contribution in [1.82, 2.24) is 4.90 Å². The minimum absolute atomic E-state index is 0.111. The summed E-state index contributed by atoms with van der Waals surface area (Å²) in [5.41, 5.74) is 5.05. The van der Waals surface area contributed by atoms with Gasteiger partial charge in [0.25, 0.3) is 0 Å². The molecule has 2 aliphatic heterocycles. The lowest BCUT2D eigenvalue weighted by atomic mass is 9.66. The number of fused-ring (bicyclic) bond motifs is 4. The van der Waals surface area contributed by atoms with Crippen LogP contribution in [0.5, 0.6) is 11.5 Å². The van der Waals surface area contributed by atoms with Crippen molar-refractivity contribution in [3.05, 3.63) is 131 Å². The molecule has 0 saturated carbocycles. The zero-order chi connectivity index (χ0) is 23.5. The van der Waals surface area contributed by atoms with Crippen molar-refractivity contribution < 1.29 is 9.47 Å². The third kappa shape index (κ3) is 4.56. The van der Waals surface area contributed by atoms with Gasteiger partial charge in [-0.2, -0.15) is 0 Å². The molecule has 0 aliphatic carbocycles. The molecule has 4 aromatic rings. The molecule has 3 heteroatoms. The molecule has 2 unspecified atom stereocenters. The van der Waals surface area contributed by atoms with E-state index >= 15 is 0 Å². The number of hydrogen-bond acceptors (Lipinski definition) is 3. The molecule has 35 heavy (non-hydrogen) atoms. The third-order valence-electron chi connectivity index (χ3n) is 7.43. The van der Waals surface area contributed by atoms with Gasteiger partial charge in [-0.15, -0.1) is 0 Å². The molecule has 2 aliphatic rings. The smallest absolute Gasteiger partial charge is 0.124 e. The van der Waals surface area contributed by atoms with Gasteiger partial charge < -0.3 is 9.47 Å². The maximum absolute atomic E-state index is 6.55. The van der Waals surface area contributed by atoms with E-state index in [0.717, 1.165) is 44.0 Å². The van der Waals surface area contributed by atoms with Crippen LogP contribution in [-0.2, 0) is 18.4 Å². The van der Waals surface area contributed by atoms with Crippen molar-refractivity contribution in [1.29, 1.82) is 0 Å². The Balaban J connectivity index is 1.31. The summed E-state index contributed by atoms with van der Waals surface area (Å²) in [6.45, 7) is 3.54. The first kappa shape index (κ1) is 21.9. The Morgan fingerprint density at radius 2 is 1.49 bits per heavy atom. The number of benzene rings is 4. The molecule has 2 heterocycles. The van der Waals surface area contributed by atoms with Crippen LogP contribution in [0, 0.1) is 0 Å². The average Bonchev–Trinajstić information content (AvgIpc) is 2.92. The van der Waals surface area contributed by atoms with Crippen molar-refractivity contribution in [2.75, 3.05) is 19.6 Å². The van der Waals surface area contributed by atoms with Crippen molar-refractivity contribution >= 4 is 0 Å². The second-order valence-electron chi connectivity index (χ2n) is 9.80. The summed E-state index contributed by atoms with van der Waals surface area (Å²) in [6.07, 6.45) is 2.22. The minimum Gasteiger partial charge on any atom is -0.489 e. The molecule has 0 N–H and O–H groups in total. The van der Waals surface area contributed by atoms with Gasteiger partial charge in [0.2, 0.25) is 0 Å². The SMILES string of the molecule is c1ccc(CCN2CC3CC(c4ccccc4)(C2)c2cc(OCc4ccccc4)ccc2O3)cc1. The van der Waals surface area contributed by atoms with E-state index in [0.29, 0.717) is 6.61 Å². The zero-order valence-electron chi connectivity index (χ0n) is 20.0. The lowest BCUT2D eigenvalue weighted by Gasteiger charge is -2.50.